The number of aromatic nitrogens is 2. The van der Waals surface area contributed by atoms with Gasteiger partial charge in [-0.15, -0.1) is 0 Å². The zero-order chi connectivity index (χ0) is 48.6. The van der Waals surface area contributed by atoms with Crippen LogP contribution in [0.2, 0.25) is 30.1 Å². The molecular formula is C43H36Cl6FN3O10S2. The Hall–Kier alpha value is -4.91. The average molecular weight is 1050 g/mol. The molecule has 0 radical (unpaired) electrons. The van der Waals surface area contributed by atoms with E-state index in [-0.39, 0.29) is 32.8 Å². The number of phenols is 1. The van der Waals surface area contributed by atoms with Crippen LogP contribution >= 0.6 is 69.6 Å². The van der Waals surface area contributed by atoms with Gasteiger partial charge in [-0.1, -0.05) is 75.7 Å². The largest absolute Gasteiger partial charge is 0.506 e. The lowest BCUT2D eigenvalue weighted by Crippen LogP contribution is -2.29. The van der Waals surface area contributed by atoms with Gasteiger partial charge in [0.2, 0.25) is 21.9 Å². The van der Waals surface area contributed by atoms with Crippen molar-refractivity contribution in [2.24, 2.45) is 0 Å². The van der Waals surface area contributed by atoms with Crippen molar-refractivity contribution < 1.29 is 50.1 Å². The summed E-state index contributed by atoms with van der Waals surface area (Å²) in [5.41, 5.74) is 3.97. The van der Waals surface area contributed by atoms with Crippen molar-refractivity contribution in [3.05, 3.63) is 144 Å². The molecular weight excluding hydrogens is 1010 g/mol. The summed E-state index contributed by atoms with van der Waals surface area (Å²) in [7, 11) is -4.29. The number of benzene rings is 4. The summed E-state index contributed by atoms with van der Waals surface area (Å²) >= 11 is 35.5. The standard InChI is InChI=1S/C21H17Cl3N2O5S.C15H13ClFNO4S.C7H6Cl2O/c1-11-6-14(22)9-16(23)19(11)31-21-17(24)7-13(10-25-21)15-5-4-12(8-18(15)30-2)20(27)26-32(3,28)29;1-22-14-6-9(13(19)8-23(2,20)21)3-4-11(14)10-5-12(16)15(17)18-7-10;1-4-2-5(8)3-6(9)7(4)10/h4-10H,1-3H3,(H,26,27);3-7H,8H2,1-2H3;2-3,10H,1H3. The molecule has 0 saturated carbocycles. The number of amides is 1. The lowest BCUT2D eigenvalue weighted by molar-refractivity contribution is 0.0979. The van der Waals surface area contributed by atoms with Crippen LogP contribution in [0, 0.1) is 19.8 Å². The fourth-order valence-corrected chi connectivity index (χ4v) is 8.25. The number of sulfonamides is 1. The van der Waals surface area contributed by atoms with Crippen molar-refractivity contribution in [2.45, 2.75) is 13.8 Å². The van der Waals surface area contributed by atoms with E-state index in [0.717, 1.165) is 12.5 Å². The molecule has 0 saturated heterocycles. The Labute approximate surface area is 404 Å². The van der Waals surface area contributed by atoms with Gasteiger partial charge in [0, 0.05) is 62.1 Å². The number of carbonyl (C=O) groups excluding carboxylic acids is 2. The lowest BCUT2D eigenvalue weighted by Gasteiger charge is -2.14. The number of ether oxygens (including phenoxy) is 3. The molecule has 65 heavy (non-hydrogen) atoms. The Kier molecular flexibility index (Phi) is 18.3. The van der Waals surface area contributed by atoms with Gasteiger partial charge in [-0.2, -0.15) is 4.39 Å². The van der Waals surface area contributed by atoms with Crippen molar-refractivity contribution in [1.82, 2.24) is 14.7 Å². The molecule has 2 N–H and O–H groups in total. The summed E-state index contributed by atoms with van der Waals surface area (Å²) in [4.78, 5) is 31.9. The number of sulfone groups is 1. The van der Waals surface area contributed by atoms with Gasteiger partial charge in [0.25, 0.3) is 5.91 Å². The maximum absolute atomic E-state index is 13.1. The molecule has 4 aromatic carbocycles. The first-order valence-corrected chi connectivity index (χ1v) is 24.4. The number of phenolic OH excluding ortho intramolecular Hbond substituents is 1. The van der Waals surface area contributed by atoms with Gasteiger partial charge in [0.1, 0.15) is 28.0 Å². The Balaban J connectivity index is 0.000000243. The van der Waals surface area contributed by atoms with Crippen molar-refractivity contribution in [3.63, 3.8) is 0 Å². The number of carbonyl (C=O) groups is 2. The highest BCUT2D eigenvalue weighted by atomic mass is 35.5. The first-order valence-electron chi connectivity index (χ1n) is 18.1. The van der Waals surface area contributed by atoms with Gasteiger partial charge < -0.3 is 19.3 Å². The van der Waals surface area contributed by atoms with Gasteiger partial charge in [-0.05, 0) is 91.7 Å². The molecule has 1 amide bonds. The van der Waals surface area contributed by atoms with E-state index >= 15 is 0 Å². The molecule has 0 atom stereocenters. The quantitative estimate of drug-likeness (QED) is 0.0924. The van der Waals surface area contributed by atoms with Crippen LogP contribution in [-0.2, 0) is 19.9 Å². The van der Waals surface area contributed by atoms with Crippen LogP contribution in [0.4, 0.5) is 4.39 Å². The molecule has 13 nitrogen and oxygen atoms in total. The van der Waals surface area contributed by atoms with Gasteiger partial charge >= 0.3 is 0 Å². The van der Waals surface area contributed by atoms with E-state index in [9.17, 15) is 30.8 Å². The number of aromatic hydroxyl groups is 1. The second-order valence-corrected chi connectivity index (χ2v) is 20.1. The molecule has 6 rings (SSSR count). The highest BCUT2D eigenvalue weighted by molar-refractivity contribution is 7.91. The molecule has 0 fully saturated rings. The minimum absolute atomic E-state index is 0.103. The maximum Gasteiger partial charge on any atom is 0.264 e. The highest BCUT2D eigenvalue weighted by Crippen LogP contribution is 2.39. The first-order chi connectivity index (χ1) is 30.3. The minimum atomic E-state index is -3.70. The molecule has 0 aliphatic carbocycles. The number of nitrogens with one attached hydrogen (secondary N) is 1. The summed E-state index contributed by atoms with van der Waals surface area (Å²) in [6, 6.07) is 18.4. The molecule has 0 spiro atoms. The first kappa shape index (κ1) is 52.7. The number of halogens is 7. The fourth-order valence-electron chi connectivity index (χ4n) is 5.55. The molecule has 0 unspecified atom stereocenters. The van der Waals surface area contributed by atoms with Gasteiger partial charge in [0.15, 0.2) is 21.4 Å². The number of Topliss-reactive ketones (excluding diaryl/α,β-unsaturated/α-hetero) is 1. The summed E-state index contributed by atoms with van der Waals surface area (Å²) in [6.45, 7) is 3.54. The summed E-state index contributed by atoms with van der Waals surface area (Å²) in [5.74, 6) is -1.38. The van der Waals surface area contributed by atoms with Gasteiger partial charge in [-0.25, -0.2) is 31.5 Å². The zero-order valence-electron chi connectivity index (χ0n) is 34.8. The number of hydrogen-bond acceptors (Lipinski definition) is 12. The predicted octanol–water partition coefficient (Wildman–Crippen LogP) is 11.3. The normalized spacial score (nSPS) is 11.0. The Bertz CT molecular complexity index is 2970. The van der Waals surface area contributed by atoms with E-state index in [0.29, 0.717) is 70.7 Å². The lowest BCUT2D eigenvalue weighted by atomic mass is 10.0. The number of nitrogens with zero attached hydrogens (tertiary/aromatic N) is 2. The number of methoxy groups -OCH3 is 2. The van der Waals surface area contributed by atoms with E-state index in [1.807, 2.05) is 4.72 Å². The molecule has 22 heteroatoms. The van der Waals surface area contributed by atoms with Crippen molar-refractivity contribution in [1.29, 1.82) is 0 Å². The number of pyridine rings is 2. The van der Waals surface area contributed by atoms with E-state index < -0.39 is 43.3 Å². The smallest absolute Gasteiger partial charge is 0.264 e. The molecule has 2 heterocycles. The second kappa shape index (κ2) is 22.5. The topological polar surface area (TPSA) is 188 Å². The van der Waals surface area contributed by atoms with Crippen LogP contribution < -0.4 is 18.9 Å². The van der Waals surface area contributed by atoms with E-state index in [4.69, 9.17) is 88.9 Å². The molecule has 344 valence electrons. The monoisotopic (exact) mass is 1050 g/mol. The SMILES string of the molecule is COc1cc(C(=O)CS(C)(=O)=O)ccc1-c1cnc(F)c(Cl)c1.COc1cc(C(=O)NS(C)(=O)=O)ccc1-c1cnc(Oc2c(C)cc(Cl)cc2Cl)c(Cl)c1.Cc1cc(Cl)cc(Cl)c1O. The Morgan fingerprint density at radius 1 is 0.677 bits per heavy atom. The third-order valence-electron chi connectivity index (χ3n) is 8.50. The van der Waals surface area contributed by atoms with E-state index in [2.05, 4.69) is 9.97 Å². The number of ketones is 1. The molecule has 6 aromatic rings. The van der Waals surface area contributed by atoms with Crippen LogP contribution in [0.15, 0.2) is 85.2 Å². The van der Waals surface area contributed by atoms with Crippen molar-refractivity contribution in [2.75, 3.05) is 32.5 Å². The highest BCUT2D eigenvalue weighted by Gasteiger charge is 2.19. The van der Waals surface area contributed by atoms with E-state index in [1.165, 1.54) is 63.0 Å². The Morgan fingerprint density at radius 2 is 1.18 bits per heavy atom. The summed E-state index contributed by atoms with van der Waals surface area (Å²) < 4.78 is 76.5. The Morgan fingerprint density at radius 3 is 1.68 bits per heavy atom. The van der Waals surface area contributed by atoms with Crippen LogP contribution in [-0.4, -0.2) is 76.1 Å². The molecule has 0 bridgehead atoms. The number of rotatable bonds is 11. The van der Waals surface area contributed by atoms with Crippen LogP contribution in [0.25, 0.3) is 22.3 Å². The van der Waals surface area contributed by atoms with Crippen molar-refractivity contribution >= 4 is 101 Å². The van der Waals surface area contributed by atoms with Gasteiger partial charge in [-0.3, -0.25) is 9.59 Å². The van der Waals surface area contributed by atoms with Crippen LogP contribution in [0.5, 0.6) is 28.9 Å². The third kappa shape index (κ3) is 15.1. The van der Waals surface area contributed by atoms with Crippen LogP contribution in [0.3, 0.4) is 0 Å². The van der Waals surface area contributed by atoms with E-state index in [1.54, 1.807) is 50.2 Å². The fraction of sp³-hybridized carbons (Fsp3) is 0.163. The van der Waals surface area contributed by atoms with Gasteiger partial charge in [0.05, 0.1) is 35.5 Å². The maximum atomic E-state index is 13.1. The summed E-state index contributed by atoms with van der Waals surface area (Å²) in [5, 5.41) is 10.9. The average Bonchev–Trinajstić information content (AvgIpc) is 3.21. The van der Waals surface area contributed by atoms with Crippen molar-refractivity contribution in [3.8, 4) is 51.1 Å². The number of aryl methyl sites for hydroxylation is 2. The third-order valence-corrected chi connectivity index (χ3v) is 11.4. The summed E-state index contributed by atoms with van der Waals surface area (Å²) in [6.07, 6.45) is 4.70. The van der Waals surface area contributed by atoms with Crippen LogP contribution in [0.1, 0.15) is 31.8 Å². The molecule has 2 aromatic heterocycles. The second-order valence-electron chi connectivity index (χ2n) is 13.7. The molecule has 0 aliphatic heterocycles. The molecule has 0 aliphatic rings. The minimum Gasteiger partial charge on any atom is -0.506 e. The number of hydrogen-bond donors (Lipinski definition) is 2. The predicted molar refractivity (Wildman–Crippen MR) is 253 cm³/mol. The zero-order valence-corrected chi connectivity index (χ0v) is 40.9.